The summed E-state index contributed by atoms with van der Waals surface area (Å²) in [5.41, 5.74) is 0.136. The molecule has 0 radical (unpaired) electrons. The van der Waals surface area contributed by atoms with Crippen LogP contribution in [0.1, 0.15) is 87.3 Å². The molecule has 1 amide bonds. The normalized spacial score (nSPS) is 32.2. The van der Waals surface area contributed by atoms with Gasteiger partial charge in [0.15, 0.2) is 5.41 Å². The monoisotopic (exact) mass is 513 g/mol. The molecule has 6 heteroatoms. The van der Waals surface area contributed by atoms with Crippen LogP contribution >= 0.6 is 0 Å². The van der Waals surface area contributed by atoms with E-state index in [4.69, 9.17) is 9.47 Å². The van der Waals surface area contributed by atoms with Crippen LogP contribution in [0, 0.1) is 17.3 Å². The van der Waals surface area contributed by atoms with Crippen molar-refractivity contribution >= 4 is 20.0 Å². The highest BCUT2D eigenvalue weighted by Gasteiger charge is 2.81. The fraction of sp³-hybridized carbons (Fsp3) is 0.733. The van der Waals surface area contributed by atoms with Crippen LogP contribution in [0.15, 0.2) is 30.3 Å². The maximum atomic E-state index is 14.7. The van der Waals surface area contributed by atoms with E-state index >= 15 is 0 Å². The number of rotatable bonds is 7. The summed E-state index contributed by atoms with van der Waals surface area (Å²) >= 11 is 0. The van der Waals surface area contributed by atoms with Gasteiger partial charge in [-0.05, 0) is 45.6 Å². The van der Waals surface area contributed by atoms with Crippen LogP contribution in [0.25, 0.3) is 0 Å². The molecule has 0 aromatic heterocycles. The summed E-state index contributed by atoms with van der Waals surface area (Å²) in [5.74, 6) is -0.618. The third-order valence-electron chi connectivity index (χ3n) is 10.0. The number of fused-ring (bicyclic) bond motifs is 3. The fourth-order valence-corrected chi connectivity index (χ4v) is 15.1. The standard InChI is InChI=1S/C30H47NO4Si/c1-19(2)36(20(3)4,21(5)6)18-23-16-25-29(10)31(24(17-34-29)22-14-12-11-13-15-22)26(32)30(23,25)27(33)35-28(7,8)9/h11-15,19-21,23-25H,16-18H2,1-10H3/t23-,24+,25-,29+,30+/m0/s1. The molecule has 1 aromatic rings. The predicted molar refractivity (Wildman–Crippen MR) is 146 cm³/mol. The summed E-state index contributed by atoms with van der Waals surface area (Å²) in [6.45, 7) is 22.3. The molecule has 1 aromatic carbocycles. The van der Waals surface area contributed by atoms with E-state index in [0.717, 1.165) is 18.0 Å². The molecule has 0 spiro atoms. The average Bonchev–Trinajstić information content (AvgIpc) is 3.15. The number of hydrogen-bond donors (Lipinski definition) is 0. The summed E-state index contributed by atoms with van der Waals surface area (Å²) < 4.78 is 12.5. The van der Waals surface area contributed by atoms with E-state index in [0.29, 0.717) is 23.2 Å². The molecule has 200 valence electrons. The Morgan fingerprint density at radius 1 is 1.08 bits per heavy atom. The third-order valence-corrected chi connectivity index (χ3v) is 17.7. The zero-order valence-corrected chi connectivity index (χ0v) is 25.1. The van der Waals surface area contributed by atoms with E-state index in [9.17, 15) is 9.59 Å². The topological polar surface area (TPSA) is 55.8 Å². The number of esters is 1. The third kappa shape index (κ3) is 3.72. The van der Waals surface area contributed by atoms with Gasteiger partial charge in [-0.3, -0.25) is 9.59 Å². The molecule has 2 aliphatic heterocycles. The summed E-state index contributed by atoms with van der Waals surface area (Å²) in [6, 6.07) is 10.9. The molecule has 1 saturated carbocycles. The van der Waals surface area contributed by atoms with Crippen LogP contribution in [0.4, 0.5) is 0 Å². The van der Waals surface area contributed by atoms with Gasteiger partial charge in [-0.2, -0.15) is 0 Å². The van der Waals surface area contributed by atoms with Gasteiger partial charge >= 0.3 is 5.97 Å². The van der Waals surface area contributed by atoms with Gasteiger partial charge in [0.05, 0.1) is 20.7 Å². The molecule has 4 rings (SSSR count). The second kappa shape index (κ2) is 8.97. The Balaban J connectivity index is 1.81. The van der Waals surface area contributed by atoms with Gasteiger partial charge in [-0.1, -0.05) is 94.5 Å². The second-order valence-corrected chi connectivity index (χ2v) is 19.7. The van der Waals surface area contributed by atoms with Gasteiger partial charge in [0.1, 0.15) is 11.3 Å². The first-order chi connectivity index (χ1) is 16.6. The van der Waals surface area contributed by atoms with Gasteiger partial charge in [0.2, 0.25) is 5.91 Å². The minimum absolute atomic E-state index is 0.00818. The van der Waals surface area contributed by atoms with Crippen molar-refractivity contribution in [2.24, 2.45) is 17.3 Å². The lowest BCUT2D eigenvalue weighted by Crippen LogP contribution is -2.63. The van der Waals surface area contributed by atoms with E-state index in [2.05, 4.69) is 53.7 Å². The lowest BCUT2D eigenvalue weighted by Gasteiger charge is -2.56. The Morgan fingerprint density at radius 3 is 2.14 bits per heavy atom. The molecular weight excluding hydrogens is 466 g/mol. The number of benzene rings is 1. The maximum absolute atomic E-state index is 14.7. The van der Waals surface area contributed by atoms with Crippen molar-refractivity contribution < 1.29 is 19.1 Å². The first kappa shape index (κ1) is 27.4. The smallest absolute Gasteiger partial charge is 0.322 e. The molecule has 0 unspecified atom stereocenters. The minimum Gasteiger partial charge on any atom is -0.459 e. The van der Waals surface area contributed by atoms with Gasteiger partial charge in [0.25, 0.3) is 0 Å². The van der Waals surface area contributed by atoms with Gasteiger partial charge in [0, 0.05) is 5.92 Å². The maximum Gasteiger partial charge on any atom is 0.322 e. The number of carbonyl (C=O) groups excluding carboxylic acids is 2. The SMILES string of the molecule is CC(C)[Si](C[C@@H]1C[C@@H]2[C@@]1(C(=O)OC(C)(C)C)C(=O)N1[C@@H](c3ccccc3)CO[C@]21C)(C(C)C)C(C)C. The molecule has 3 aliphatic rings. The highest BCUT2D eigenvalue weighted by molar-refractivity contribution is 6.83. The van der Waals surface area contributed by atoms with E-state index in [1.807, 2.05) is 50.8 Å². The highest BCUT2D eigenvalue weighted by Crippen LogP contribution is 2.70. The van der Waals surface area contributed by atoms with Crippen LogP contribution in [-0.4, -0.2) is 42.8 Å². The Morgan fingerprint density at radius 2 is 1.64 bits per heavy atom. The minimum atomic E-state index is -1.86. The zero-order chi connectivity index (χ0) is 26.8. The zero-order valence-electron chi connectivity index (χ0n) is 24.1. The summed E-state index contributed by atoms with van der Waals surface area (Å²) in [6.07, 6.45) is 0.834. The van der Waals surface area contributed by atoms with Gasteiger partial charge < -0.3 is 14.4 Å². The van der Waals surface area contributed by atoms with Crippen LogP contribution in [0.2, 0.25) is 22.7 Å². The van der Waals surface area contributed by atoms with Crippen LogP contribution in [-0.2, 0) is 19.1 Å². The van der Waals surface area contributed by atoms with Crippen LogP contribution in [0.3, 0.4) is 0 Å². The fourth-order valence-electron chi connectivity index (χ4n) is 8.31. The second-order valence-electron chi connectivity index (χ2n) is 13.6. The quantitative estimate of drug-likeness (QED) is 0.225. The molecule has 36 heavy (non-hydrogen) atoms. The van der Waals surface area contributed by atoms with Crippen molar-refractivity contribution in [2.75, 3.05) is 6.61 Å². The molecular formula is C30H47NO4Si. The number of nitrogens with zero attached hydrogens (tertiary/aromatic N) is 1. The number of hydrogen-bond acceptors (Lipinski definition) is 4. The van der Waals surface area contributed by atoms with E-state index in [1.54, 1.807) is 0 Å². The van der Waals surface area contributed by atoms with E-state index < -0.39 is 24.8 Å². The van der Waals surface area contributed by atoms with Crippen molar-refractivity contribution in [3.8, 4) is 0 Å². The van der Waals surface area contributed by atoms with Crippen molar-refractivity contribution in [1.29, 1.82) is 0 Å². The highest BCUT2D eigenvalue weighted by atomic mass is 28.3. The van der Waals surface area contributed by atoms with Crippen LogP contribution < -0.4 is 0 Å². The first-order valence-corrected chi connectivity index (χ1v) is 16.3. The molecule has 2 saturated heterocycles. The summed E-state index contributed by atoms with van der Waals surface area (Å²) in [7, 11) is -1.86. The van der Waals surface area contributed by atoms with Gasteiger partial charge in [-0.15, -0.1) is 0 Å². The molecule has 2 heterocycles. The molecule has 0 N–H and O–H groups in total. The Hall–Kier alpha value is -1.66. The molecule has 1 aliphatic carbocycles. The van der Waals surface area contributed by atoms with Crippen molar-refractivity contribution in [3.63, 3.8) is 0 Å². The molecule has 0 bridgehead atoms. The number of ether oxygens (including phenoxy) is 2. The molecule has 3 fully saturated rings. The Bertz CT molecular complexity index is 978. The van der Waals surface area contributed by atoms with Crippen LogP contribution in [0.5, 0.6) is 0 Å². The van der Waals surface area contributed by atoms with E-state index in [1.165, 1.54) is 0 Å². The number of carbonyl (C=O) groups is 2. The largest absolute Gasteiger partial charge is 0.459 e. The lowest BCUT2D eigenvalue weighted by molar-refractivity contribution is -0.197. The molecule has 5 atom stereocenters. The van der Waals surface area contributed by atoms with Crippen molar-refractivity contribution in [2.45, 2.75) is 116 Å². The van der Waals surface area contributed by atoms with Crippen molar-refractivity contribution in [1.82, 2.24) is 4.90 Å². The summed E-state index contributed by atoms with van der Waals surface area (Å²) in [5, 5.41) is 0. The molecule has 5 nitrogen and oxygen atoms in total. The Labute approximate surface area is 219 Å². The first-order valence-electron chi connectivity index (χ1n) is 13.9. The average molecular weight is 514 g/mol. The van der Waals surface area contributed by atoms with E-state index in [-0.39, 0.29) is 29.8 Å². The Kier molecular flexibility index (Phi) is 6.82. The summed E-state index contributed by atoms with van der Waals surface area (Å²) in [4.78, 5) is 30.7. The van der Waals surface area contributed by atoms with Gasteiger partial charge in [-0.25, -0.2) is 0 Å². The number of amides is 1. The predicted octanol–water partition coefficient (Wildman–Crippen LogP) is 6.96. The van der Waals surface area contributed by atoms with Crippen molar-refractivity contribution in [3.05, 3.63) is 35.9 Å². The lowest BCUT2D eigenvalue weighted by atomic mass is 9.52.